The number of hydrogen-bond donors (Lipinski definition) is 1. The molecule has 2 aromatic rings. The zero-order chi connectivity index (χ0) is 20.9. The summed E-state index contributed by atoms with van der Waals surface area (Å²) in [6, 6.07) is 13.7. The van der Waals surface area contributed by atoms with Crippen LogP contribution in [-0.2, 0) is 11.3 Å². The first-order valence-corrected chi connectivity index (χ1v) is 10.2. The average Bonchev–Trinajstić information content (AvgIpc) is 2.66. The van der Waals surface area contributed by atoms with Crippen molar-refractivity contribution < 1.29 is 14.3 Å². The van der Waals surface area contributed by atoms with E-state index in [1.54, 1.807) is 11.0 Å². The first kappa shape index (κ1) is 21.2. The van der Waals surface area contributed by atoms with Crippen LogP contribution in [0.1, 0.15) is 39.2 Å². The third-order valence-corrected chi connectivity index (χ3v) is 4.71. The summed E-state index contributed by atoms with van der Waals surface area (Å²) in [6.07, 6.45) is 1.37. The summed E-state index contributed by atoms with van der Waals surface area (Å²) in [5, 5.41) is 3.79. The van der Waals surface area contributed by atoms with Gasteiger partial charge in [-0.25, -0.2) is 9.78 Å². The van der Waals surface area contributed by atoms with Crippen LogP contribution in [-0.4, -0.2) is 40.7 Å². The molecule has 1 aromatic heterocycles. The monoisotopic (exact) mass is 417 g/mol. The van der Waals surface area contributed by atoms with Gasteiger partial charge in [0.15, 0.2) is 0 Å². The summed E-state index contributed by atoms with van der Waals surface area (Å²) < 4.78 is 11.3. The summed E-state index contributed by atoms with van der Waals surface area (Å²) in [6.45, 7) is 7.38. The molecule has 3 rings (SSSR count). The number of hydrogen-bond acceptors (Lipinski definition) is 5. The van der Waals surface area contributed by atoms with Gasteiger partial charge in [0.25, 0.3) is 0 Å². The molecule has 1 N–H and O–H groups in total. The number of rotatable bonds is 5. The van der Waals surface area contributed by atoms with Crippen molar-refractivity contribution in [1.29, 1.82) is 0 Å². The molecule has 2 heterocycles. The van der Waals surface area contributed by atoms with E-state index in [9.17, 15) is 4.79 Å². The Morgan fingerprint density at radius 3 is 2.55 bits per heavy atom. The molecular formula is C22H28ClN3O3. The molecule has 0 atom stereocenters. The van der Waals surface area contributed by atoms with Crippen molar-refractivity contribution in [1.82, 2.24) is 9.88 Å². The Morgan fingerprint density at radius 2 is 1.90 bits per heavy atom. The van der Waals surface area contributed by atoms with E-state index in [-0.39, 0.29) is 12.1 Å². The van der Waals surface area contributed by atoms with Crippen molar-refractivity contribution in [2.75, 3.05) is 18.4 Å². The minimum atomic E-state index is -0.479. The van der Waals surface area contributed by atoms with Gasteiger partial charge in [0.2, 0.25) is 0 Å². The lowest BCUT2D eigenvalue weighted by Crippen LogP contribution is -2.44. The van der Waals surface area contributed by atoms with Crippen molar-refractivity contribution in [3.8, 4) is 5.75 Å². The predicted molar refractivity (Wildman–Crippen MR) is 114 cm³/mol. The molecule has 0 unspecified atom stereocenters. The number of pyridine rings is 1. The molecule has 0 aliphatic carbocycles. The van der Waals surface area contributed by atoms with E-state index in [4.69, 9.17) is 21.1 Å². The van der Waals surface area contributed by atoms with Crippen molar-refractivity contribution in [3.63, 3.8) is 0 Å². The number of aromatic nitrogens is 1. The Bertz CT molecular complexity index is 816. The van der Waals surface area contributed by atoms with Gasteiger partial charge in [-0.3, -0.25) is 0 Å². The summed E-state index contributed by atoms with van der Waals surface area (Å²) in [5.41, 5.74) is 0.608. The third kappa shape index (κ3) is 6.82. The number of likely N-dealkylation sites (tertiary alicyclic amines) is 1. The fraction of sp³-hybridized carbons (Fsp3) is 0.455. The smallest absolute Gasteiger partial charge is 0.410 e. The number of amides is 1. The molecule has 1 aliphatic rings. The van der Waals surface area contributed by atoms with E-state index in [2.05, 4.69) is 10.3 Å². The lowest BCUT2D eigenvalue weighted by Gasteiger charge is -2.33. The second-order valence-corrected chi connectivity index (χ2v) is 8.56. The number of anilines is 1. The van der Waals surface area contributed by atoms with Crippen LogP contribution in [0.5, 0.6) is 5.75 Å². The lowest BCUT2D eigenvalue weighted by atomic mass is 10.1. The van der Waals surface area contributed by atoms with Crippen molar-refractivity contribution in [2.24, 2.45) is 0 Å². The lowest BCUT2D eigenvalue weighted by molar-refractivity contribution is 0.0210. The van der Waals surface area contributed by atoms with Crippen LogP contribution in [0, 0.1) is 0 Å². The minimum absolute atomic E-state index is 0.210. The molecule has 0 radical (unpaired) electrons. The first-order valence-electron chi connectivity index (χ1n) is 9.87. The molecule has 1 aliphatic heterocycles. The largest absolute Gasteiger partial charge is 0.489 e. The average molecular weight is 418 g/mol. The summed E-state index contributed by atoms with van der Waals surface area (Å²) in [4.78, 5) is 18.3. The number of nitrogens with one attached hydrogen (secondary N) is 1. The topological polar surface area (TPSA) is 63.7 Å². The van der Waals surface area contributed by atoms with Crippen molar-refractivity contribution in [3.05, 3.63) is 53.2 Å². The standard InChI is InChI=1S/C22H28ClN3O3/c1-22(2,3)29-21(27)26-11-9-17(10-12-26)24-20-14-18(13-19(23)25-20)28-15-16-7-5-4-6-8-16/h4-8,13-14,17H,9-12,15H2,1-3H3,(H,24,25). The van der Waals surface area contributed by atoms with E-state index < -0.39 is 5.60 Å². The number of carbonyl (C=O) groups excluding carboxylic acids is 1. The Kier molecular flexibility index (Phi) is 6.85. The van der Waals surface area contributed by atoms with Gasteiger partial charge in [-0.1, -0.05) is 41.9 Å². The maximum atomic E-state index is 12.2. The highest BCUT2D eigenvalue weighted by atomic mass is 35.5. The minimum Gasteiger partial charge on any atom is -0.489 e. The molecule has 29 heavy (non-hydrogen) atoms. The summed E-state index contributed by atoms with van der Waals surface area (Å²) in [7, 11) is 0. The zero-order valence-electron chi connectivity index (χ0n) is 17.2. The third-order valence-electron chi connectivity index (χ3n) is 4.51. The maximum Gasteiger partial charge on any atom is 0.410 e. The summed E-state index contributed by atoms with van der Waals surface area (Å²) >= 11 is 6.18. The van der Waals surface area contributed by atoms with Crippen molar-refractivity contribution in [2.45, 2.75) is 51.9 Å². The Hall–Kier alpha value is -2.47. The van der Waals surface area contributed by atoms with Crippen molar-refractivity contribution >= 4 is 23.5 Å². The Morgan fingerprint density at radius 1 is 1.21 bits per heavy atom. The van der Waals surface area contributed by atoms with E-state index in [1.165, 1.54) is 0 Å². The van der Waals surface area contributed by atoms with Gasteiger partial charge in [-0.2, -0.15) is 0 Å². The molecule has 6 nitrogen and oxygen atoms in total. The van der Waals surface area contributed by atoms with Gasteiger partial charge in [0.1, 0.15) is 28.9 Å². The van der Waals surface area contributed by atoms with E-state index in [1.807, 2.05) is 57.2 Å². The molecule has 0 spiro atoms. The van der Waals surface area contributed by atoms with Crippen LogP contribution < -0.4 is 10.1 Å². The number of nitrogens with zero attached hydrogens (tertiary/aromatic N) is 2. The molecule has 1 amide bonds. The van der Waals surface area contributed by atoms with Crippen LogP contribution >= 0.6 is 11.6 Å². The van der Waals surface area contributed by atoms with E-state index in [0.717, 1.165) is 18.4 Å². The molecule has 1 fully saturated rings. The van der Waals surface area contributed by atoms with Crippen LogP contribution in [0.15, 0.2) is 42.5 Å². The molecule has 7 heteroatoms. The van der Waals surface area contributed by atoms with Crippen LogP contribution in [0.4, 0.5) is 10.6 Å². The van der Waals surface area contributed by atoms with Gasteiger partial charge in [0, 0.05) is 31.3 Å². The fourth-order valence-electron chi connectivity index (χ4n) is 3.11. The Balaban J connectivity index is 1.53. The summed E-state index contributed by atoms with van der Waals surface area (Å²) in [5.74, 6) is 1.35. The van der Waals surface area contributed by atoms with Crippen LogP contribution in [0.25, 0.3) is 0 Å². The second-order valence-electron chi connectivity index (χ2n) is 8.17. The van der Waals surface area contributed by atoms with Crippen LogP contribution in [0.3, 0.4) is 0 Å². The number of benzene rings is 1. The molecule has 0 bridgehead atoms. The SMILES string of the molecule is CC(C)(C)OC(=O)N1CCC(Nc2cc(OCc3ccccc3)cc(Cl)n2)CC1. The molecule has 1 saturated heterocycles. The fourth-order valence-corrected chi connectivity index (χ4v) is 3.31. The first-order chi connectivity index (χ1) is 13.8. The molecular weight excluding hydrogens is 390 g/mol. The zero-order valence-corrected chi connectivity index (χ0v) is 17.9. The van der Waals surface area contributed by atoms with Gasteiger partial charge in [-0.05, 0) is 39.2 Å². The quantitative estimate of drug-likeness (QED) is 0.683. The molecule has 0 saturated carbocycles. The van der Waals surface area contributed by atoms with Gasteiger partial charge < -0.3 is 19.7 Å². The van der Waals surface area contributed by atoms with Gasteiger partial charge in [-0.15, -0.1) is 0 Å². The van der Waals surface area contributed by atoms with E-state index in [0.29, 0.717) is 36.4 Å². The highest BCUT2D eigenvalue weighted by Gasteiger charge is 2.27. The molecule has 1 aromatic carbocycles. The van der Waals surface area contributed by atoms with Gasteiger partial charge in [0.05, 0.1) is 0 Å². The van der Waals surface area contributed by atoms with Gasteiger partial charge >= 0.3 is 6.09 Å². The number of ether oxygens (including phenoxy) is 2. The predicted octanol–water partition coefficient (Wildman–Crippen LogP) is 5.13. The highest BCUT2D eigenvalue weighted by Crippen LogP contribution is 2.24. The van der Waals surface area contributed by atoms with E-state index >= 15 is 0 Å². The Labute approximate surface area is 177 Å². The normalized spacial score (nSPS) is 15.1. The second kappa shape index (κ2) is 9.35. The number of carbonyl (C=O) groups is 1. The maximum absolute atomic E-state index is 12.2. The number of piperidine rings is 1. The highest BCUT2D eigenvalue weighted by molar-refractivity contribution is 6.29. The number of halogens is 1. The molecule has 156 valence electrons. The van der Waals surface area contributed by atoms with Crippen LogP contribution in [0.2, 0.25) is 5.15 Å².